The van der Waals surface area contributed by atoms with Crippen molar-refractivity contribution < 1.29 is 5.21 Å². The highest BCUT2D eigenvalue weighted by Crippen LogP contribution is 2.23. The summed E-state index contributed by atoms with van der Waals surface area (Å²) in [7, 11) is 0. The molecule has 1 aromatic rings. The first kappa shape index (κ1) is 14.3. The maximum Gasteiger partial charge on any atom is 0.140 e. The number of oxime groups is 1. The molecular weight excluding hydrogens is 258 g/mol. The Hall–Kier alpha value is -0.780. The van der Waals surface area contributed by atoms with Crippen LogP contribution < -0.4 is 5.73 Å². The van der Waals surface area contributed by atoms with E-state index in [0.29, 0.717) is 12.5 Å². The third-order valence-electron chi connectivity index (χ3n) is 2.50. The van der Waals surface area contributed by atoms with Gasteiger partial charge < -0.3 is 10.9 Å². The molecule has 0 aliphatic carbocycles. The van der Waals surface area contributed by atoms with Gasteiger partial charge in [0.1, 0.15) is 5.84 Å². The van der Waals surface area contributed by atoms with Crippen LogP contribution in [0.25, 0.3) is 0 Å². The van der Waals surface area contributed by atoms with Gasteiger partial charge in [-0.1, -0.05) is 16.8 Å². The van der Waals surface area contributed by atoms with Gasteiger partial charge >= 0.3 is 0 Å². The van der Waals surface area contributed by atoms with E-state index in [1.165, 1.54) is 4.88 Å². The summed E-state index contributed by atoms with van der Waals surface area (Å²) in [4.78, 5) is 3.49. The van der Waals surface area contributed by atoms with Crippen molar-refractivity contribution >= 4 is 28.8 Å². The van der Waals surface area contributed by atoms with Crippen molar-refractivity contribution in [3.8, 4) is 0 Å². The fourth-order valence-corrected chi connectivity index (χ4v) is 2.58. The molecule has 1 rings (SSSR count). The van der Waals surface area contributed by atoms with Gasteiger partial charge in [-0.05, 0) is 26.0 Å². The minimum absolute atomic E-state index is 0.264. The van der Waals surface area contributed by atoms with Gasteiger partial charge in [0.2, 0.25) is 0 Å². The lowest BCUT2D eigenvalue weighted by Gasteiger charge is -2.25. The Morgan fingerprint density at radius 1 is 1.59 bits per heavy atom. The van der Waals surface area contributed by atoms with E-state index in [0.717, 1.165) is 17.4 Å². The van der Waals surface area contributed by atoms with Crippen LogP contribution in [-0.2, 0) is 6.54 Å². The number of hydrogen-bond acceptors (Lipinski definition) is 4. The van der Waals surface area contributed by atoms with Gasteiger partial charge in [-0.25, -0.2) is 0 Å². The van der Waals surface area contributed by atoms with Gasteiger partial charge in [0.15, 0.2) is 0 Å². The van der Waals surface area contributed by atoms with E-state index in [9.17, 15) is 0 Å². The second-order valence-electron chi connectivity index (χ2n) is 4.11. The fourth-order valence-electron chi connectivity index (χ4n) is 1.46. The van der Waals surface area contributed by atoms with E-state index in [2.05, 4.69) is 23.9 Å². The van der Waals surface area contributed by atoms with Crippen molar-refractivity contribution in [1.29, 1.82) is 0 Å². The second kappa shape index (κ2) is 6.83. The van der Waals surface area contributed by atoms with E-state index >= 15 is 0 Å². The molecule has 0 amide bonds. The molecule has 17 heavy (non-hydrogen) atoms. The molecule has 1 aromatic heterocycles. The monoisotopic (exact) mass is 275 g/mol. The SMILES string of the molecule is CC(C)N(CCC(N)=NO)Cc1ccc(Cl)s1. The molecule has 0 aromatic carbocycles. The molecule has 0 bridgehead atoms. The number of nitrogens with zero attached hydrogens (tertiary/aromatic N) is 2. The van der Waals surface area contributed by atoms with Crippen LogP contribution in [0.1, 0.15) is 25.1 Å². The molecule has 0 unspecified atom stereocenters. The first-order chi connectivity index (χ1) is 8.02. The summed E-state index contributed by atoms with van der Waals surface area (Å²) in [6, 6.07) is 4.34. The predicted octanol–water partition coefficient (Wildman–Crippen LogP) is 2.75. The van der Waals surface area contributed by atoms with Crippen molar-refractivity contribution in [2.75, 3.05) is 6.54 Å². The lowest BCUT2D eigenvalue weighted by molar-refractivity contribution is 0.219. The molecule has 96 valence electrons. The second-order valence-corrected chi connectivity index (χ2v) is 5.91. The number of amidine groups is 1. The van der Waals surface area contributed by atoms with E-state index in [1.807, 2.05) is 12.1 Å². The lowest BCUT2D eigenvalue weighted by Crippen LogP contribution is -2.33. The highest BCUT2D eigenvalue weighted by Gasteiger charge is 2.12. The van der Waals surface area contributed by atoms with Crippen LogP contribution in [0, 0.1) is 0 Å². The zero-order valence-corrected chi connectivity index (χ0v) is 11.6. The van der Waals surface area contributed by atoms with Crippen LogP contribution >= 0.6 is 22.9 Å². The van der Waals surface area contributed by atoms with Crippen LogP contribution in [0.4, 0.5) is 0 Å². The van der Waals surface area contributed by atoms with Crippen LogP contribution in [0.3, 0.4) is 0 Å². The van der Waals surface area contributed by atoms with Crippen molar-refractivity contribution in [3.63, 3.8) is 0 Å². The van der Waals surface area contributed by atoms with Crippen LogP contribution in [-0.4, -0.2) is 28.5 Å². The average Bonchev–Trinajstić information content (AvgIpc) is 2.69. The summed E-state index contributed by atoms with van der Waals surface area (Å²) < 4.78 is 0.806. The standard InChI is InChI=1S/C11H18ClN3OS/c1-8(2)15(6-5-11(13)14-16)7-9-3-4-10(12)17-9/h3-4,8,16H,5-7H2,1-2H3,(H2,13,14). The van der Waals surface area contributed by atoms with Gasteiger partial charge in [-0.15, -0.1) is 11.3 Å². The maximum absolute atomic E-state index is 8.51. The summed E-state index contributed by atoms with van der Waals surface area (Å²) in [5.74, 6) is 0.264. The van der Waals surface area contributed by atoms with Crippen LogP contribution in [0.15, 0.2) is 17.3 Å². The Balaban J connectivity index is 2.54. The van der Waals surface area contributed by atoms with Gasteiger partial charge in [0.05, 0.1) is 4.34 Å². The summed E-state index contributed by atoms with van der Waals surface area (Å²) in [5.41, 5.74) is 5.47. The fraction of sp³-hybridized carbons (Fsp3) is 0.545. The topological polar surface area (TPSA) is 61.8 Å². The molecule has 0 saturated carbocycles. The number of nitrogens with two attached hydrogens (primary N) is 1. The molecule has 0 aliphatic rings. The molecule has 3 N–H and O–H groups in total. The van der Waals surface area contributed by atoms with E-state index in [1.54, 1.807) is 11.3 Å². The van der Waals surface area contributed by atoms with Crippen molar-refractivity contribution in [3.05, 3.63) is 21.3 Å². The smallest absolute Gasteiger partial charge is 0.140 e. The Morgan fingerprint density at radius 2 is 2.29 bits per heavy atom. The highest BCUT2D eigenvalue weighted by atomic mass is 35.5. The molecule has 0 aliphatic heterocycles. The van der Waals surface area contributed by atoms with Gasteiger partial charge in [0.25, 0.3) is 0 Å². The Bertz CT molecular complexity index is 379. The Morgan fingerprint density at radius 3 is 2.76 bits per heavy atom. The van der Waals surface area contributed by atoms with E-state index in [-0.39, 0.29) is 5.84 Å². The number of hydrogen-bond donors (Lipinski definition) is 2. The summed E-state index contributed by atoms with van der Waals surface area (Å²) in [6.45, 7) is 5.86. The van der Waals surface area contributed by atoms with Crippen LogP contribution in [0.2, 0.25) is 4.34 Å². The van der Waals surface area contributed by atoms with Crippen molar-refractivity contribution in [1.82, 2.24) is 4.90 Å². The minimum Gasteiger partial charge on any atom is -0.409 e. The molecule has 0 spiro atoms. The number of thiophene rings is 1. The predicted molar refractivity (Wildman–Crippen MR) is 72.9 cm³/mol. The molecule has 1 heterocycles. The van der Waals surface area contributed by atoms with Crippen LogP contribution in [0.5, 0.6) is 0 Å². The first-order valence-corrected chi connectivity index (χ1v) is 6.67. The quantitative estimate of drug-likeness (QED) is 0.363. The van der Waals surface area contributed by atoms with Gasteiger partial charge in [-0.3, -0.25) is 4.90 Å². The molecule has 0 fully saturated rings. The lowest BCUT2D eigenvalue weighted by atomic mass is 10.2. The van der Waals surface area contributed by atoms with E-state index < -0.39 is 0 Å². The Kier molecular flexibility index (Phi) is 5.74. The average molecular weight is 276 g/mol. The zero-order chi connectivity index (χ0) is 12.8. The molecular formula is C11H18ClN3OS. The largest absolute Gasteiger partial charge is 0.409 e. The number of halogens is 1. The Labute approximate surface area is 111 Å². The molecule has 0 radical (unpaired) electrons. The third kappa shape index (κ3) is 4.93. The maximum atomic E-state index is 8.51. The molecule has 4 nitrogen and oxygen atoms in total. The third-order valence-corrected chi connectivity index (χ3v) is 3.72. The van der Waals surface area contributed by atoms with E-state index in [4.69, 9.17) is 22.5 Å². The summed E-state index contributed by atoms with van der Waals surface area (Å²) in [5, 5.41) is 11.5. The van der Waals surface area contributed by atoms with Gasteiger partial charge in [-0.2, -0.15) is 0 Å². The summed E-state index contributed by atoms with van der Waals surface area (Å²) >= 11 is 7.49. The van der Waals surface area contributed by atoms with Crippen molar-refractivity contribution in [2.24, 2.45) is 10.9 Å². The van der Waals surface area contributed by atoms with Gasteiger partial charge in [0, 0.05) is 30.4 Å². The minimum atomic E-state index is 0.264. The highest BCUT2D eigenvalue weighted by molar-refractivity contribution is 7.16. The number of rotatable bonds is 6. The first-order valence-electron chi connectivity index (χ1n) is 5.47. The molecule has 0 atom stereocenters. The molecule has 0 saturated heterocycles. The summed E-state index contributed by atoms with van der Waals surface area (Å²) in [6.07, 6.45) is 0.563. The zero-order valence-electron chi connectivity index (χ0n) is 10.1. The molecule has 6 heteroatoms. The normalized spacial score (nSPS) is 12.6. The van der Waals surface area contributed by atoms with Crippen molar-refractivity contribution in [2.45, 2.75) is 32.9 Å².